The van der Waals surface area contributed by atoms with Crippen LogP contribution < -0.4 is 0 Å². The van der Waals surface area contributed by atoms with Crippen molar-refractivity contribution >= 4 is 11.4 Å². The molecule has 1 atom stereocenters. The van der Waals surface area contributed by atoms with E-state index >= 15 is 0 Å². The number of rotatable bonds is 9. The van der Waals surface area contributed by atoms with Gasteiger partial charge in [-0.1, -0.05) is 19.9 Å². The van der Waals surface area contributed by atoms with Crippen molar-refractivity contribution in [3.63, 3.8) is 0 Å². The molecule has 0 aliphatic carbocycles. The molecule has 0 radical (unpaired) electrons. The quantitative estimate of drug-likeness (QED) is 0.400. The second kappa shape index (κ2) is 10.7. The van der Waals surface area contributed by atoms with Gasteiger partial charge in [-0.05, 0) is 62.9 Å². The van der Waals surface area contributed by atoms with Crippen LogP contribution in [0.25, 0.3) is 16.6 Å². The summed E-state index contributed by atoms with van der Waals surface area (Å²) in [6.45, 7) is 15.6. The Morgan fingerprint density at radius 3 is 2.53 bits per heavy atom. The summed E-state index contributed by atoms with van der Waals surface area (Å²) in [5.74, 6) is 1.20. The molecule has 1 unspecified atom stereocenters. The first-order valence-corrected chi connectivity index (χ1v) is 13.0. The van der Waals surface area contributed by atoms with Crippen LogP contribution in [0.4, 0.5) is 4.39 Å². The lowest BCUT2D eigenvalue weighted by atomic mass is 9.87. The van der Waals surface area contributed by atoms with Crippen molar-refractivity contribution in [3.8, 4) is 11.1 Å². The number of nitrogens with zero attached hydrogens (tertiary/aromatic N) is 4. The minimum Gasteiger partial charge on any atom is -0.383 e. The van der Waals surface area contributed by atoms with Gasteiger partial charge in [-0.15, -0.1) is 0 Å². The molecular weight excluding hydrogens is 455 g/mol. The Morgan fingerprint density at radius 2 is 1.92 bits per heavy atom. The number of carbonyl (C=O) groups excluding carboxylic acids is 1. The molecule has 3 aromatic rings. The molecule has 194 valence electrons. The smallest absolute Gasteiger partial charge is 0.254 e. The average Bonchev–Trinajstić information content (AvgIpc) is 3.18. The first-order chi connectivity index (χ1) is 17.2. The Bertz CT molecular complexity index is 1230. The van der Waals surface area contributed by atoms with Crippen molar-refractivity contribution in [2.75, 3.05) is 33.4 Å². The number of aromatic nitrogens is 2. The maximum atomic E-state index is 14.4. The van der Waals surface area contributed by atoms with E-state index in [9.17, 15) is 9.18 Å². The van der Waals surface area contributed by atoms with E-state index in [1.54, 1.807) is 18.1 Å². The lowest BCUT2D eigenvalue weighted by Gasteiger charge is -2.46. The summed E-state index contributed by atoms with van der Waals surface area (Å²) in [7, 11) is 1.76. The standard InChI is InChI=1S/C29H39FN4O2/c1-8-33(19(4)5)29(35)26-12-23(30)9-10-24(26)25-11-21(16-34-20(6)31-13-27(25)34)22-14-32(15-22)28(17-36-7)18(2)3/h9-13,16,18-19,22,28H,8,14-15,17H2,1-7H3. The molecular formula is C29H39FN4O2. The maximum Gasteiger partial charge on any atom is 0.254 e. The Labute approximate surface area is 214 Å². The molecule has 0 saturated carbocycles. The van der Waals surface area contributed by atoms with Gasteiger partial charge in [0.25, 0.3) is 5.91 Å². The maximum absolute atomic E-state index is 14.4. The molecule has 4 rings (SSSR count). The van der Waals surface area contributed by atoms with Crippen molar-refractivity contribution in [2.45, 2.75) is 59.5 Å². The second-order valence-electron chi connectivity index (χ2n) is 10.5. The number of pyridine rings is 1. The predicted octanol–water partition coefficient (Wildman–Crippen LogP) is 5.39. The van der Waals surface area contributed by atoms with Crippen LogP contribution >= 0.6 is 0 Å². The molecule has 1 amide bonds. The fourth-order valence-electron chi connectivity index (χ4n) is 5.39. The SMILES string of the molecule is CCN(C(=O)c1cc(F)ccc1-c1cc(C2CN(C(COC)C(C)C)C2)cn2c(C)ncc12)C(C)C. The minimum absolute atomic E-state index is 0.0177. The summed E-state index contributed by atoms with van der Waals surface area (Å²) < 4.78 is 22.0. The summed E-state index contributed by atoms with van der Waals surface area (Å²) in [6, 6.07) is 7.13. The summed E-state index contributed by atoms with van der Waals surface area (Å²) in [5, 5.41) is 0. The highest BCUT2D eigenvalue weighted by molar-refractivity contribution is 6.03. The topological polar surface area (TPSA) is 50.1 Å². The van der Waals surface area contributed by atoms with Gasteiger partial charge in [-0.25, -0.2) is 9.37 Å². The van der Waals surface area contributed by atoms with Gasteiger partial charge < -0.3 is 14.0 Å². The fraction of sp³-hybridized carbons (Fsp3) is 0.517. The first kappa shape index (κ1) is 26.3. The number of hydrogen-bond donors (Lipinski definition) is 0. The molecule has 36 heavy (non-hydrogen) atoms. The van der Waals surface area contributed by atoms with Crippen molar-refractivity contribution < 1.29 is 13.9 Å². The van der Waals surface area contributed by atoms with Gasteiger partial charge in [-0.3, -0.25) is 9.69 Å². The summed E-state index contributed by atoms with van der Waals surface area (Å²) in [6.07, 6.45) is 4.01. The van der Waals surface area contributed by atoms with Crippen molar-refractivity contribution in [1.29, 1.82) is 0 Å². The predicted molar refractivity (Wildman–Crippen MR) is 142 cm³/mol. The van der Waals surface area contributed by atoms with Crippen molar-refractivity contribution in [2.24, 2.45) is 5.92 Å². The number of benzene rings is 1. The van der Waals surface area contributed by atoms with E-state index in [0.717, 1.165) is 42.2 Å². The number of fused-ring (bicyclic) bond motifs is 1. The van der Waals surface area contributed by atoms with Crippen molar-refractivity contribution in [3.05, 3.63) is 59.4 Å². The zero-order chi connectivity index (χ0) is 26.1. The Hall–Kier alpha value is -2.77. The molecule has 6 nitrogen and oxygen atoms in total. The third-order valence-corrected chi connectivity index (χ3v) is 7.53. The molecule has 0 spiro atoms. The molecule has 0 N–H and O–H groups in total. The van der Waals surface area contributed by atoms with E-state index in [2.05, 4.69) is 40.4 Å². The molecule has 3 heterocycles. The van der Waals surface area contributed by atoms with Crippen molar-refractivity contribution in [1.82, 2.24) is 19.2 Å². The van der Waals surface area contributed by atoms with Gasteiger partial charge in [0.2, 0.25) is 0 Å². The number of ether oxygens (including phenoxy) is 1. The van der Waals surface area contributed by atoms with Gasteiger partial charge >= 0.3 is 0 Å². The Morgan fingerprint density at radius 1 is 1.19 bits per heavy atom. The molecule has 0 bridgehead atoms. The minimum atomic E-state index is -0.411. The zero-order valence-electron chi connectivity index (χ0n) is 22.6. The Balaban J connectivity index is 1.77. The summed E-state index contributed by atoms with van der Waals surface area (Å²) in [5.41, 5.74) is 4.15. The van der Waals surface area contributed by atoms with Crippen LogP contribution in [-0.2, 0) is 4.74 Å². The molecule has 1 saturated heterocycles. The summed E-state index contributed by atoms with van der Waals surface area (Å²) in [4.78, 5) is 22.4. The molecule has 7 heteroatoms. The number of carbonyl (C=O) groups is 1. The monoisotopic (exact) mass is 494 g/mol. The van der Waals surface area contributed by atoms with Crippen LogP contribution in [0.2, 0.25) is 0 Å². The highest BCUT2D eigenvalue weighted by Gasteiger charge is 2.35. The van der Waals surface area contributed by atoms with Gasteiger partial charge in [0, 0.05) is 56.5 Å². The number of amides is 1. The lowest BCUT2D eigenvalue weighted by Crippen LogP contribution is -2.54. The van der Waals surface area contributed by atoms with Crippen LogP contribution in [0.15, 0.2) is 36.7 Å². The van der Waals surface area contributed by atoms with Gasteiger partial charge in [0.05, 0.1) is 23.9 Å². The van der Waals surface area contributed by atoms with E-state index in [4.69, 9.17) is 4.74 Å². The van der Waals surface area contributed by atoms with E-state index in [-0.39, 0.29) is 11.9 Å². The van der Waals surface area contributed by atoms with E-state index in [0.29, 0.717) is 30.0 Å². The summed E-state index contributed by atoms with van der Waals surface area (Å²) >= 11 is 0. The first-order valence-electron chi connectivity index (χ1n) is 13.0. The number of aryl methyl sites for hydroxylation is 1. The number of hydrogen-bond acceptors (Lipinski definition) is 4. The number of halogens is 1. The van der Waals surface area contributed by atoms with Crippen LogP contribution in [-0.4, -0.2) is 70.5 Å². The normalized spacial score (nSPS) is 15.6. The molecule has 2 aromatic heterocycles. The van der Waals surface area contributed by atoms with Crippen LogP contribution in [0, 0.1) is 18.7 Å². The molecule has 1 aliphatic heterocycles. The largest absolute Gasteiger partial charge is 0.383 e. The third-order valence-electron chi connectivity index (χ3n) is 7.53. The number of imidazole rings is 1. The third kappa shape index (κ3) is 4.91. The highest BCUT2D eigenvalue weighted by Crippen LogP contribution is 2.36. The number of methoxy groups -OCH3 is 1. The van der Waals surface area contributed by atoms with Gasteiger partial charge in [0.1, 0.15) is 11.6 Å². The van der Waals surface area contributed by atoms with Gasteiger partial charge in [0.15, 0.2) is 0 Å². The number of likely N-dealkylation sites (tertiary alicyclic amines) is 1. The van der Waals surface area contributed by atoms with Crippen LogP contribution in [0.5, 0.6) is 0 Å². The Kier molecular flexibility index (Phi) is 7.81. The molecule has 1 aliphatic rings. The second-order valence-corrected chi connectivity index (χ2v) is 10.5. The highest BCUT2D eigenvalue weighted by atomic mass is 19.1. The zero-order valence-corrected chi connectivity index (χ0v) is 22.6. The van der Waals surface area contributed by atoms with Gasteiger partial charge in [-0.2, -0.15) is 0 Å². The van der Waals surface area contributed by atoms with E-state index in [1.165, 1.54) is 17.7 Å². The van der Waals surface area contributed by atoms with E-state index < -0.39 is 5.82 Å². The van der Waals surface area contributed by atoms with Crippen LogP contribution in [0.3, 0.4) is 0 Å². The fourth-order valence-corrected chi connectivity index (χ4v) is 5.39. The van der Waals surface area contributed by atoms with Crippen LogP contribution in [0.1, 0.15) is 62.3 Å². The molecule has 1 aromatic carbocycles. The average molecular weight is 495 g/mol. The molecule has 1 fully saturated rings. The van der Waals surface area contributed by atoms with E-state index in [1.807, 2.05) is 33.9 Å². The lowest BCUT2D eigenvalue weighted by molar-refractivity contribution is 0.0143.